The van der Waals surface area contributed by atoms with E-state index in [4.69, 9.17) is 10.5 Å². The molecule has 0 aliphatic carbocycles. The lowest BCUT2D eigenvalue weighted by atomic mass is 10.1. The average molecular weight is 648 g/mol. The van der Waals surface area contributed by atoms with Gasteiger partial charge in [0.2, 0.25) is 29.5 Å². The Balaban J connectivity index is 2.39. The summed E-state index contributed by atoms with van der Waals surface area (Å²) in [6.07, 6.45) is 4.92. The van der Waals surface area contributed by atoms with Crippen molar-refractivity contribution in [1.82, 2.24) is 31.5 Å². The molecule has 5 amide bonds. The minimum atomic E-state index is -1.01. The van der Waals surface area contributed by atoms with Crippen LogP contribution in [-0.2, 0) is 35.1 Å². The van der Waals surface area contributed by atoms with Gasteiger partial charge in [0.25, 0.3) is 0 Å². The summed E-state index contributed by atoms with van der Waals surface area (Å²) in [5.41, 5.74) is 6.47. The highest BCUT2D eigenvalue weighted by atomic mass is 16.5. The first-order valence-electron chi connectivity index (χ1n) is 15.8. The molecular formula is C32H53N7O7. The maximum atomic E-state index is 12.8. The first kappa shape index (κ1) is 40.0. The third-order valence-electron chi connectivity index (χ3n) is 7.12. The summed E-state index contributed by atoms with van der Waals surface area (Å²) in [6.45, 7) is 8.39. The van der Waals surface area contributed by atoms with Crippen LogP contribution in [-0.4, -0.2) is 98.4 Å². The molecule has 8 N–H and O–H groups in total. The zero-order valence-electron chi connectivity index (χ0n) is 27.3. The normalized spacial score (nSPS) is 12.1. The van der Waals surface area contributed by atoms with Crippen molar-refractivity contribution in [2.75, 3.05) is 52.8 Å². The number of hydrogen-bond acceptors (Lipinski definition) is 9. The summed E-state index contributed by atoms with van der Waals surface area (Å²) in [5.74, 6) is -1.90. The number of carbonyl (C=O) groups excluding carboxylic acids is 5. The van der Waals surface area contributed by atoms with Crippen molar-refractivity contribution in [3.05, 3.63) is 48.2 Å². The third kappa shape index (κ3) is 20.1. The van der Waals surface area contributed by atoms with E-state index in [0.29, 0.717) is 18.0 Å². The van der Waals surface area contributed by atoms with Gasteiger partial charge in [-0.25, -0.2) is 0 Å². The lowest BCUT2D eigenvalue weighted by molar-refractivity contribution is -0.131. The first-order chi connectivity index (χ1) is 22.0. The molecule has 0 aliphatic rings. The second kappa shape index (κ2) is 24.3. The fourth-order valence-corrected chi connectivity index (χ4v) is 4.14. The van der Waals surface area contributed by atoms with Crippen LogP contribution in [0.2, 0.25) is 0 Å². The van der Waals surface area contributed by atoms with Gasteiger partial charge in [0.1, 0.15) is 12.8 Å². The van der Waals surface area contributed by atoms with Crippen molar-refractivity contribution in [3.63, 3.8) is 0 Å². The molecule has 0 bridgehead atoms. The van der Waals surface area contributed by atoms with E-state index in [1.165, 1.54) is 0 Å². The Kier molecular flexibility index (Phi) is 21.1. The van der Waals surface area contributed by atoms with Gasteiger partial charge in [0, 0.05) is 31.6 Å². The molecule has 0 saturated carbocycles. The van der Waals surface area contributed by atoms with Crippen LogP contribution < -0.4 is 32.3 Å². The quantitative estimate of drug-likeness (QED) is 0.0557. The van der Waals surface area contributed by atoms with E-state index in [1.807, 2.05) is 11.0 Å². The molecule has 0 saturated heterocycles. The second-order valence-corrected chi connectivity index (χ2v) is 11.2. The Morgan fingerprint density at radius 1 is 0.891 bits per heavy atom. The number of carbonyl (C=O) groups is 5. The molecule has 0 spiro atoms. The van der Waals surface area contributed by atoms with Gasteiger partial charge >= 0.3 is 0 Å². The Bertz CT molecular complexity index is 1090. The van der Waals surface area contributed by atoms with Gasteiger partial charge in [-0.05, 0) is 30.7 Å². The minimum absolute atomic E-state index is 0.0214. The zero-order chi connectivity index (χ0) is 34.2. The van der Waals surface area contributed by atoms with Crippen LogP contribution in [0.1, 0.15) is 57.9 Å². The molecule has 14 nitrogen and oxygen atoms in total. The highest BCUT2D eigenvalue weighted by molar-refractivity contribution is 5.92. The van der Waals surface area contributed by atoms with E-state index in [1.54, 1.807) is 24.3 Å². The topological polar surface area (TPSA) is 204 Å². The lowest BCUT2D eigenvalue weighted by Gasteiger charge is -2.21. The lowest BCUT2D eigenvalue weighted by Crippen LogP contribution is -2.52. The SMILES string of the molecule is C=C(N)COCNC(=O)CNC(=O)C(Cc1ccccc1)NC(=O)CNC(=O)CNC(=O)CCCCCN(CO)CCC(C)CC. The Labute approximate surface area is 272 Å². The summed E-state index contributed by atoms with van der Waals surface area (Å²) < 4.78 is 5.09. The van der Waals surface area contributed by atoms with E-state index in [2.05, 4.69) is 47.0 Å². The van der Waals surface area contributed by atoms with Gasteiger partial charge < -0.3 is 42.2 Å². The number of ether oxygens (including phenoxy) is 1. The van der Waals surface area contributed by atoms with Gasteiger partial charge in [-0.3, -0.25) is 28.9 Å². The van der Waals surface area contributed by atoms with Crippen molar-refractivity contribution in [3.8, 4) is 0 Å². The fourth-order valence-electron chi connectivity index (χ4n) is 4.14. The summed E-state index contributed by atoms with van der Waals surface area (Å²) in [4.78, 5) is 63.8. The van der Waals surface area contributed by atoms with Crippen molar-refractivity contribution < 1.29 is 33.8 Å². The summed E-state index contributed by atoms with van der Waals surface area (Å²) >= 11 is 0. The molecule has 1 aromatic carbocycles. The van der Waals surface area contributed by atoms with Gasteiger partial charge in [-0.2, -0.15) is 0 Å². The number of nitrogens with zero attached hydrogens (tertiary/aromatic N) is 1. The van der Waals surface area contributed by atoms with Crippen LogP contribution in [0.15, 0.2) is 42.6 Å². The van der Waals surface area contributed by atoms with Crippen LogP contribution in [0.4, 0.5) is 0 Å². The molecule has 0 fully saturated rings. The number of amides is 5. The van der Waals surface area contributed by atoms with Crippen molar-refractivity contribution in [2.24, 2.45) is 11.7 Å². The van der Waals surface area contributed by atoms with E-state index in [0.717, 1.165) is 44.3 Å². The number of rotatable bonds is 25. The first-order valence-corrected chi connectivity index (χ1v) is 15.8. The number of benzene rings is 1. The van der Waals surface area contributed by atoms with Crippen LogP contribution in [0.5, 0.6) is 0 Å². The van der Waals surface area contributed by atoms with Crippen LogP contribution >= 0.6 is 0 Å². The monoisotopic (exact) mass is 647 g/mol. The molecule has 1 rings (SSSR count). The molecule has 0 aliphatic heterocycles. The molecule has 258 valence electrons. The number of nitrogens with one attached hydrogen (secondary N) is 5. The van der Waals surface area contributed by atoms with Crippen LogP contribution in [0.25, 0.3) is 0 Å². The van der Waals surface area contributed by atoms with E-state index >= 15 is 0 Å². The van der Waals surface area contributed by atoms with E-state index in [-0.39, 0.29) is 51.9 Å². The van der Waals surface area contributed by atoms with Crippen LogP contribution in [0.3, 0.4) is 0 Å². The standard InChI is InChI=1S/C32H53N7O7/c1-4-24(2)14-16-39(23-40)15-10-6-9-13-28(41)34-18-29(42)35-20-31(44)38-27(17-26-11-7-5-8-12-26)32(45)36-19-30(43)37-22-46-21-25(3)33/h5,7-8,11-12,24,27,40H,3-4,6,9-10,13-23,33H2,1-2H3,(H,34,41)(H,35,42)(H,36,45)(H,37,43)(H,38,44). The Morgan fingerprint density at radius 2 is 1.54 bits per heavy atom. The van der Waals surface area contributed by atoms with Crippen LogP contribution in [0, 0.1) is 5.92 Å². The van der Waals surface area contributed by atoms with Gasteiger partial charge in [0.15, 0.2) is 0 Å². The zero-order valence-corrected chi connectivity index (χ0v) is 27.3. The smallest absolute Gasteiger partial charge is 0.243 e. The second-order valence-electron chi connectivity index (χ2n) is 11.2. The summed E-state index contributed by atoms with van der Waals surface area (Å²) in [7, 11) is 0. The maximum absolute atomic E-state index is 12.8. The third-order valence-corrected chi connectivity index (χ3v) is 7.12. The molecule has 0 radical (unpaired) electrons. The number of unbranched alkanes of at least 4 members (excludes halogenated alkanes) is 2. The predicted octanol–water partition coefficient (Wildman–Crippen LogP) is -0.126. The minimum Gasteiger partial charge on any atom is -0.401 e. The summed E-state index contributed by atoms with van der Waals surface area (Å²) in [6, 6.07) is 7.99. The van der Waals surface area contributed by atoms with E-state index in [9.17, 15) is 29.1 Å². The molecule has 1 aromatic rings. The average Bonchev–Trinajstić information content (AvgIpc) is 3.04. The number of aliphatic hydroxyl groups excluding tert-OH is 1. The molecule has 0 heterocycles. The molecule has 0 aromatic heterocycles. The number of hydrogen-bond donors (Lipinski definition) is 7. The molecule has 14 heteroatoms. The van der Waals surface area contributed by atoms with Gasteiger partial charge in [-0.1, -0.05) is 63.6 Å². The molecule has 2 unspecified atom stereocenters. The predicted molar refractivity (Wildman–Crippen MR) is 175 cm³/mol. The fraction of sp³-hybridized carbons (Fsp3) is 0.594. The van der Waals surface area contributed by atoms with Crippen molar-refractivity contribution in [1.29, 1.82) is 0 Å². The molecule has 46 heavy (non-hydrogen) atoms. The van der Waals surface area contributed by atoms with E-state index < -0.39 is 36.2 Å². The highest BCUT2D eigenvalue weighted by Crippen LogP contribution is 2.09. The molecule has 2 atom stereocenters. The van der Waals surface area contributed by atoms with Crippen molar-refractivity contribution in [2.45, 2.75) is 64.8 Å². The summed E-state index contributed by atoms with van der Waals surface area (Å²) in [5, 5.41) is 22.0. The maximum Gasteiger partial charge on any atom is 0.243 e. The van der Waals surface area contributed by atoms with Gasteiger partial charge in [0.05, 0.1) is 33.0 Å². The number of aliphatic hydroxyl groups is 1. The largest absolute Gasteiger partial charge is 0.401 e. The Hall–Kier alpha value is -4.01. The molecular weight excluding hydrogens is 594 g/mol. The number of nitrogens with two attached hydrogens (primary N) is 1. The van der Waals surface area contributed by atoms with Gasteiger partial charge in [-0.15, -0.1) is 0 Å². The van der Waals surface area contributed by atoms with Crippen molar-refractivity contribution >= 4 is 29.5 Å². The Morgan fingerprint density at radius 3 is 2.22 bits per heavy atom. The highest BCUT2D eigenvalue weighted by Gasteiger charge is 2.22.